The normalized spacial score (nSPS) is 14.4. The number of hydrogen-bond donors (Lipinski definition) is 0. The van der Waals surface area contributed by atoms with Gasteiger partial charge in [-0.15, -0.1) is 0 Å². The molecule has 0 aliphatic rings. The summed E-state index contributed by atoms with van der Waals surface area (Å²) in [6.45, 7) is 0. The first kappa shape index (κ1) is 19.8. The molecule has 234 valence electrons. The summed E-state index contributed by atoms with van der Waals surface area (Å²) in [6.07, 6.45) is 0. The van der Waals surface area contributed by atoms with Crippen LogP contribution >= 0.6 is 0 Å². The highest BCUT2D eigenvalue weighted by Crippen LogP contribution is 2.38. The van der Waals surface area contributed by atoms with Gasteiger partial charge in [0.1, 0.15) is 11.2 Å². The molecule has 50 heavy (non-hydrogen) atoms. The highest BCUT2D eigenvalue weighted by atomic mass is 16.3. The third-order valence-corrected chi connectivity index (χ3v) is 8.84. The summed E-state index contributed by atoms with van der Waals surface area (Å²) >= 11 is 0. The highest BCUT2D eigenvalue weighted by molar-refractivity contribution is 6.11. The second-order valence-corrected chi connectivity index (χ2v) is 11.8. The molecule has 10 aromatic rings. The molecule has 3 heterocycles. The standard InChI is InChI=1S/C45H28N4O/c1-4-12-29(13-5-1)32-20-24-37-38-25-22-34(28-42(38)50-41(37)27-32)49-39-19-11-10-18-35(39)36-23-21-33(26-40(36)49)45-47-43(30-14-6-2-7-15-30)46-44(48-45)31-16-8-3-9-17-31/h1-28H/i2D,3D,6D,7D,8D,9D,14D,15D,16D,17D. The molecular weight excluding hydrogens is 613 g/mol. The Labute approximate surface area is 301 Å². The molecule has 0 bridgehead atoms. The van der Waals surface area contributed by atoms with Gasteiger partial charge in [0.15, 0.2) is 17.5 Å². The zero-order valence-electron chi connectivity index (χ0n) is 36.1. The molecule has 0 saturated carbocycles. The van der Waals surface area contributed by atoms with Crippen molar-refractivity contribution in [2.75, 3.05) is 0 Å². The molecule has 0 unspecified atom stereocenters. The molecule has 7 aromatic carbocycles. The van der Waals surface area contributed by atoms with Crippen molar-refractivity contribution in [2.24, 2.45) is 0 Å². The van der Waals surface area contributed by atoms with Crippen molar-refractivity contribution in [3.05, 3.63) is 170 Å². The van der Waals surface area contributed by atoms with E-state index in [1.165, 1.54) is 0 Å². The second kappa shape index (κ2) is 11.4. The minimum atomic E-state index is -0.610. The van der Waals surface area contributed by atoms with Crippen LogP contribution in [-0.4, -0.2) is 19.5 Å². The molecule has 0 aliphatic carbocycles. The molecule has 5 nitrogen and oxygen atoms in total. The SMILES string of the molecule is [2H]c1c([2H])c([2H])c(-c2nc(-c3ccc4c5ccccc5n(-c5ccc6c(c5)oc5cc(-c7ccccc7)ccc56)c4c3)nc(-c3c([2H])c([2H])c([2H])c([2H])c3[2H])n2)c([2H])c1[2H]. The maximum Gasteiger partial charge on any atom is 0.164 e. The van der Waals surface area contributed by atoms with E-state index in [0.717, 1.165) is 55.0 Å². The van der Waals surface area contributed by atoms with E-state index in [1.54, 1.807) is 6.07 Å². The van der Waals surface area contributed by atoms with E-state index < -0.39 is 60.4 Å². The first-order valence-electron chi connectivity index (χ1n) is 20.9. The quantitative estimate of drug-likeness (QED) is 0.186. The Morgan fingerprint density at radius 3 is 1.70 bits per heavy atom. The van der Waals surface area contributed by atoms with Crippen molar-refractivity contribution in [1.82, 2.24) is 19.5 Å². The molecule has 0 spiro atoms. The van der Waals surface area contributed by atoms with Crippen LogP contribution in [0, 0.1) is 0 Å². The molecule has 0 atom stereocenters. The van der Waals surface area contributed by atoms with Crippen LogP contribution in [0.1, 0.15) is 13.7 Å². The average molecular weight is 651 g/mol. The number of hydrogen-bond acceptors (Lipinski definition) is 4. The number of fused-ring (bicyclic) bond motifs is 6. The van der Waals surface area contributed by atoms with Crippen molar-refractivity contribution in [3.63, 3.8) is 0 Å². The summed E-state index contributed by atoms with van der Waals surface area (Å²) in [5.74, 6) is -0.676. The summed E-state index contributed by atoms with van der Waals surface area (Å²) in [5, 5.41) is 3.81. The molecular formula is C45H28N4O. The van der Waals surface area contributed by atoms with Gasteiger partial charge in [0.25, 0.3) is 0 Å². The van der Waals surface area contributed by atoms with Crippen LogP contribution in [0.5, 0.6) is 0 Å². The van der Waals surface area contributed by atoms with Gasteiger partial charge in [-0.2, -0.15) is 0 Å². The topological polar surface area (TPSA) is 56.7 Å². The fourth-order valence-electron chi connectivity index (χ4n) is 6.56. The van der Waals surface area contributed by atoms with E-state index in [-0.39, 0.29) is 28.6 Å². The van der Waals surface area contributed by atoms with Crippen LogP contribution in [0.2, 0.25) is 0 Å². The van der Waals surface area contributed by atoms with Gasteiger partial charge in [0.05, 0.1) is 24.7 Å². The van der Waals surface area contributed by atoms with Gasteiger partial charge < -0.3 is 8.98 Å². The van der Waals surface area contributed by atoms with E-state index in [0.29, 0.717) is 11.1 Å². The molecule has 3 aromatic heterocycles. The zero-order chi connectivity index (χ0) is 41.7. The fraction of sp³-hybridized carbons (Fsp3) is 0. The minimum Gasteiger partial charge on any atom is -0.456 e. The summed E-state index contributed by atoms with van der Waals surface area (Å²) in [6, 6.07) is 29.9. The Bertz CT molecular complexity index is 3310. The van der Waals surface area contributed by atoms with E-state index in [1.807, 2.05) is 78.9 Å². The first-order valence-corrected chi connectivity index (χ1v) is 15.9. The van der Waals surface area contributed by atoms with Gasteiger partial charge in [-0.05, 0) is 47.5 Å². The minimum absolute atomic E-state index is 0.0192. The van der Waals surface area contributed by atoms with E-state index in [9.17, 15) is 0 Å². The Morgan fingerprint density at radius 2 is 0.980 bits per heavy atom. The molecule has 0 N–H and O–H groups in total. The third-order valence-electron chi connectivity index (χ3n) is 8.84. The molecule has 5 heteroatoms. The van der Waals surface area contributed by atoms with Gasteiger partial charge in [-0.3, -0.25) is 0 Å². The van der Waals surface area contributed by atoms with Gasteiger partial charge in [0, 0.05) is 50.0 Å². The van der Waals surface area contributed by atoms with Gasteiger partial charge in [-0.25, -0.2) is 15.0 Å². The lowest BCUT2D eigenvalue weighted by molar-refractivity contribution is 0.669. The molecule has 0 fully saturated rings. The first-order chi connectivity index (χ1) is 28.9. The number of para-hydroxylation sites is 1. The lowest BCUT2D eigenvalue weighted by atomic mass is 10.0. The van der Waals surface area contributed by atoms with Gasteiger partial charge in [0.2, 0.25) is 0 Å². The van der Waals surface area contributed by atoms with Crippen molar-refractivity contribution in [3.8, 4) is 51.0 Å². The number of nitrogens with zero attached hydrogens (tertiary/aromatic N) is 4. The molecule has 0 radical (unpaired) electrons. The summed E-state index contributed by atoms with van der Waals surface area (Å²) in [5.41, 5.74) is 5.81. The maximum atomic E-state index is 8.70. The van der Waals surface area contributed by atoms with Crippen molar-refractivity contribution in [2.45, 2.75) is 0 Å². The van der Waals surface area contributed by atoms with E-state index in [2.05, 4.69) is 43.8 Å². The number of furan rings is 1. The van der Waals surface area contributed by atoms with Crippen LogP contribution in [0.15, 0.2) is 174 Å². The number of aromatic nitrogens is 4. The summed E-state index contributed by atoms with van der Waals surface area (Å²) < 4.78 is 92.9. The smallest absolute Gasteiger partial charge is 0.164 e. The maximum absolute atomic E-state index is 8.70. The highest BCUT2D eigenvalue weighted by Gasteiger charge is 2.18. The average Bonchev–Trinajstić information content (AvgIpc) is 3.81. The molecule has 0 saturated heterocycles. The van der Waals surface area contributed by atoms with Crippen molar-refractivity contribution < 1.29 is 18.1 Å². The summed E-state index contributed by atoms with van der Waals surface area (Å²) in [7, 11) is 0. The predicted octanol–water partition coefficient (Wildman–Crippen LogP) is 11.5. The monoisotopic (exact) mass is 650 g/mol. The predicted molar refractivity (Wildman–Crippen MR) is 203 cm³/mol. The van der Waals surface area contributed by atoms with Crippen molar-refractivity contribution >= 4 is 43.7 Å². The van der Waals surface area contributed by atoms with Crippen LogP contribution in [0.25, 0.3) is 94.7 Å². The largest absolute Gasteiger partial charge is 0.456 e. The molecule has 0 aliphatic heterocycles. The van der Waals surface area contributed by atoms with E-state index >= 15 is 0 Å². The zero-order valence-corrected chi connectivity index (χ0v) is 26.1. The number of benzene rings is 7. The summed E-state index contributed by atoms with van der Waals surface area (Å²) in [4.78, 5) is 13.7. The van der Waals surface area contributed by atoms with Crippen LogP contribution in [0.3, 0.4) is 0 Å². The lowest BCUT2D eigenvalue weighted by Crippen LogP contribution is -2.00. The third kappa shape index (κ3) is 4.67. The van der Waals surface area contributed by atoms with Crippen LogP contribution in [0.4, 0.5) is 0 Å². The Balaban J connectivity index is 1.20. The van der Waals surface area contributed by atoms with Crippen LogP contribution < -0.4 is 0 Å². The Hall–Kier alpha value is -6.85. The molecule has 0 amide bonds. The Morgan fingerprint density at radius 1 is 0.420 bits per heavy atom. The Kier molecular flexibility index (Phi) is 4.52. The number of rotatable bonds is 5. The second-order valence-electron chi connectivity index (χ2n) is 11.8. The van der Waals surface area contributed by atoms with Crippen LogP contribution in [-0.2, 0) is 0 Å². The van der Waals surface area contributed by atoms with Crippen molar-refractivity contribution in [1.29, 1.82) is 0 Å². The lowest BCUT2D eigenvalue weighted by Gasteiger charge is -2.10. The fourth-order valence-corrected chi connectivity index (χ4v) is 6.56. The van der Waals surface area contributed by atoms with Gasteiger partial charge in [-0.1, -0.05) is 127 Å². The van der Waals surface area contributed by atoms with Gasteiger partial charge >= 0.3 is 0 Å². The molecule has 10 rings (SSSR count). The van der Waals surface area contributed by atoms with E-state index in [4.69, 9.17) is 18.1 Å².